The van der Waals surface area contributed by atoms with Crippen molar-refractivity contribution >= 4 is 5.91 Å². The summed E-state index contributed by atoms with van der Waals surface area (Å²) in [5.41, 5.74) is 2.74. The number of rotatable bonds is 6. The number of likely N-dealkylation sites (N-methyl/N-ethyl adjacent to an activating group) is 1. The quantitative estimate of drug-likeness (QED) is 0.804. The van der Waals surface area contributed by atoms with Crippen molar-refractivity contribution in [2.45, 2.75) is 27.3 Å². The molecule has 0 N–H and O–H groups in total. The van der Waals surface area contributed by atoms with Crippen LogP contribution in [0.5, 0.6) is 0 Å². The first kappa shape index (κ1) is 17.0. The average molecular weight is 303 g/mol. The number of carbonyl (C=O) groups is 1. The number of hydrogen-bond acceptors (Lipinski definition) is 3. The Morgan fingerprint density at radius 1 is 1.09 bits per heavy atom. The fourth-order valence-corrected chi connectivity index (χ4v) is 2.92. The lowest BCUT2D eigenvalue weighted by Crippen LogP contribution is -2.50. The van der Waals surface area contributed by atoms with Crippen LogP contribution in [0.25, 0.3) is 0 Å². The van der Waals surface area contributed by atoms with Gasteiger partial charge in [0.2, 0.25) is 5.91 Å². The highest BCUT2D eigenvalue weighted by Crippen LogP contribution is 2.12. The van der Waals surface area contributed by atoms with Crippen molar-refractivity contribution in [2.75, 3.05) is 45.8 Å². The van der Waals surface area contributed by atoms with E-state index in [9.17, 15) is 4.79 Å². The predicted molar refractivity (Wildman–Crippen MR) is 90.8 cm³/mol. The molecular formula is C18H29N3O. The molecule has 1 aliphatic rings. The molecule has 4 nitrogen and oxygen atoms in total. The third-order valence-electron chi connectivity index (χ3n) is 4.63. The second kappa shape index (κ2) is 8.30. The molecular weight excluding hydrogens is 274 g/mol. The third kappa shape index (κ3) is 4.55. The monoisotopic (exact) mass is 303 g/mol. The molecule has 4 heteroatoms. The number of carbonyl (C=O) groups excluding carboxylic acids is 1. The Hall–Kier alpha value is -1.39. The minimum atomic E-state index is 0.277. The average Bonchev–Trinajstić information content (AvgIpc) is 2.55. The van der Waals surface area contributed by atoms with Crippen LogP contribution in [0.1, 0.15) is 25.0 Å². The topological polar surface area (TPSA) is 26.8 Å². The summed E-state index contributed by atoms with van der Waals surface area (Å²) < 4.78 is 0. The molecule has 0 atom stereocenters. The Labute approximate surface area is 134 Å². The first-order valence-corrected chi connectivity index (χ1v) is 8.41. The van der Waals surface area contributed by atoms with E-state index in [1.165, 1.54) is 11.1 Å². The Morgan fingerprint density at radius 2 is 1.73 bits per heavy atom. The van der Waals surface area contributed by atoms with Gasteiger partial charge >= 0.3 is 0 Å². The molecule has 0 spiro atoms. The lowest BCUT2D eigenvalue weighted by Gasteiger charge is -2.36. The highest BCUT2D eigenvalue weighted by atomic mass is 16.2. The lowest BCUT2D eigenvalue weighted by molar-refractivity contribution is -0.134. The maximum Gasteiger partial charge on any atom is 0.236 e. The van der Waals surface area contributed by atoms with Crippen LogP contribution in [-0.4, -0.2) is 66.4 Å². The van der Waals surface area contributed by atoms with Crippen molar-refractivity contribution in [1.82, 2.24) is 14.7 Å². The number of piperazine rings is 1. The van der Waals surface area contributed by atoms with Crippen LogP contribution in [0.15, 0.2) is 24.3 Å². The first-order chi connectivity index (χ1) is 10.6. The summed E-state index contributed by atoms with van der Waals surface area (Å²) in [4.78, 5) is 19.0. The van der Waals surface area contributed by atoms with Crippen LogP contribution in [0.2, 0.25) is 0 Å². The summed E-state index contributed by atoms with van der Waals surface area (Å²) in [6, 6.07) is 8.56. The predicted octanol–water partition coefficient (Wildman–Crippen LogP) is 1.98. The second-order valence-corrected chi connectivity index (χ2v) is 6.04. The zero-order chi connectivity index (χ0) is 15.9. The van der Waals surface area contributed by atoms with Gasteiger partial charge in [-0.2, -0.15) is 0 Å². The molecule has 1 aliphatic heterocycles. The molecule has 122 valence electrons. The first-order valence-electron chi connectivity index (χ1n) is 8.41. The summed E-state index contributed by atoms with van der Waals surface area (Å²) in [6.07, 6.45) is 0. The Kier molecular flexibility index (Phi) is 6.40. The minimum Gasteiger partial charge on any atom is -0.339 e. The van der Waals surface area contributed by atoms with E-state index in [1.54, 1.807) is 0 Å². The molecule has 0 saturated carbocycles. The van der Waals surface area contributed by atoms with Crippen molar-refractivity contribution in [3.8, 4) is 0 Å². The molecule has 0 unspecified atom stereocenters. The van der Waals surface area contributed by atoms with Crippen LogP contribution >= 0.6 is 0 Å². The highest BCUT2D eigenvalue weighted by Gasteiger charge is 2.22. The molecule has 1 saturated heterocycles. The molecule has 0 radical (unpaired) electrons. The van der Waals surface area contributed by atoms with Gasteiger partial charge in [0, 0.05) is 32.7 Å². The van der Waals surface area contributed by atoms with Crippen LogP contribution in [0, 0.1) is 6.92 Å². The maximum absolute atomic E-state index is 12.3. The molecule has 2 rings (SSSR count). The molecule has 0 bridgehead atoms. The van der Waals surface area contributed by atoms with E-state index >= 15 is 0 Å². The maximum atomic E-state index is 12.3. The molecule has 1 heterocycles. The van der Waals surface area contributed by atoms with E-state index in [1.807, 2.05) is 4.90 Å². The largest absolute Gasteiger partial charge is 0.339 e. The number of hydrogen-bond donors (Lipinski definition) is 0. The molecule has 1 aromatic carbocycles. The van der Waals surface area contributed by atoms with E-state index in [2.05, 4.69) is 54.8 Å². The minimum absolute atomic E-state index is 0.277. The molecule has 1 aromatic rings. The van der Waals surface area contributed by atoms with Crippen molar-refractivity contribution in [3.63, 3.8) is 0 Å². The van der Waals surface area contributed by atoms with Gasteiger partial charge in [-0.1, -0.05) is 38.1 Å². The summed E-state index contributed by atoms with van der Waals surface area (Å²) in [7, 11) is 0. The molecule has 1 amide bonds. The normalized spacial score (nSPS) is 16.3. The summed E-state index contributed by atoms with van der Waals surface area (Å²) in [5, 5.41) is 0. The van der Waals surface area contributed by atoms with Crippen molar-refractivity contribution < 1.29 is 4.79 Å². The number of aryl methyl sites for hydroxylation is 1. The third-order valence-corrected chi connectivity index (χ3v) is 4.63. The van der Waals surface area contributed by atoms with Gasteiger partial charge in [0.15, 0.2) is 0 Å². The summed E-state index contributed by atoms with van der Waals surface area (Å²) >= 11 is 0. The van der Waals surface area contributed by atoms with Gasteiger partial charge in [0.25, 0.3) is 0 Å². The van der Waals surface area contributed by atoms with Crippen molar-refractivity contribution in [2.24, 2.45) is 0 Å². The van der Waals surface area contributed by atoms with Gasteiger partial charge in [-0.05, 0) is 31.1 Å². The molecule has 1 fully saturated rings. The number of amides is 1. The van der Waals surface area contributed by atoms with E-state index in [4.69, 9.17) is 0 Å². The SMILES string of the molecule is CCN(CC)CC(=O)N1CCN(Cc2ccccc2C)CC1. The van der Waals surface area contributed by atoms with Gasteiger partial charge < -0.3 is 4.90 Å². The Balaban J connectivity index is 1.80. The van der Waals surface area contributed by atoms with Gasteiger partial charge in [0.1, 0.15) is 0 Å². The summed E-state index contributed by atoms with van der Waals surface area (Å²) in [6.45, 7) is 13.5. The molecule has 0 aromatic heterocycles. The van der Waals surface area contributed by atoms with Gasteiger partial charge in [-0.25, -0.2) is 0 Å². The Bertz CT molecular complexity index is 477. The van der Waals surface area contributed by atoms with E-state index in [0.29, 0.717) is 6.54 Å². The van der Waals surface area contributed by atoms with Crippen LogP contribution in [-0.2, 0) is 11.3 Å². The van der Waals surface area contributed by atoms with Crippen LogP contribution in [0.3, 0.4) is 0 Å². The zero-order valence-corrected chi connectivity index (χ0v) is 14.2. The summed E-state index contributed by atoms with van der Waals surface area (Å²) in [5.74, 6) is 0.277. The van der Waals surface area contributed by atoms with Crippen LogP contribution in [0.4, 0.5) is 0 Å². The fraction of sp³-hybridized carbons (Fsp3) is 0.611. The van der Waals surface area contributed by atoms with Gasteiger partial charge in [-0.3, -0.25) is 14.6 Å². The van der Waals surface area contributed by atoms with Crippen molar-refractivity contribution in [3.05, 3.63) is 35.4 Å². The van der Waals surface area contributed by atoms with E-state index in [-0.39, 0.29) is 5.91 Å². The van der Waals surface area contributed by atoms with Crippen LogP contribution < -0.4 is 0 Å². The highest BCUT2D eigenvalue weighted by molar-refractivity contribution is 5.78. The standard InChI is InChI=1S/C18H29N3O/c1-4-19(5-2)15-18(22)21-12-10-20(11-13-21)14-17-9-7-6-8-16(17)3/h6-9H,4-5,10-15H2,1-3H3. The van der Waals surface area contributed by atoms with Gasteiger partial charge in [0.05, 0.1) is 6.54 Å². The number of benzene rings is 1. The molecule has 22 heavy (non-hydrogen) atoms. The molecule has 0 aliphatic carbocycles. The smallest absolute Gasteiger partial charge is 0.236 e. The zero-order valence-electron chi connectivity index (χ0n) is 14.2. The van der Waals surface area contributed by atoms with E-state index in [0.717, 1.165) is 45.8 Å². The number of nitrogens with zero attached hydrogens (tertiary/aromatic N) is 3. The van der Waals surface area contributed by atoms with E-state index < -0.39 is 0 Å². The fourth-order valence-electron chi connectivity index (χ4n) is 2.92. The lowest BCUT2D eigenvalue weighted by atomic mass is 10.1. The van der Waals surface area contributed by atoms with Crippen molar-refractivity contribution in [1.29, 1.82) is 0 Å². The Morgan fingerprint density at radius 3 is 2.32 bits per heavy atom. The van der Waals surface area contributed by atoms with Gasteiger partial charge in [-0.15, -0.1) is 0 Å². The second-order valence-electron chi connectivity index (χ2n) is 6.04.